The van der Waals surface area contributed by atoms with Crippen LogP contribution in [-0.4, -0.2) is 49.5 Å². The monoisotopic (exact) mass is 665 g/mol. The Morgan fingerprint density at radius 3 is 2.47 bits per heavy atom. The SMILES string of the molecule is Cc1cc(OCCCc2c3n(c4c(-c5c(C)nn(C)c5C)c(Cl)ccc24)CCCN(c2csc(C(=O)O)n2)C3=O)cc(C)c1Cl. The van der Waals surface area contributed by atoms with Gasteiger partial charge < -0.3 is 14.4 Å². The van der Waals surface area contributed by atoms with Gasteiger partial charge in [-0.1, -0.05) is 29.3 Å². The Balaban J connectivity index is 1.46. The number of anilines is 1. The first-order valence-electron chi connectivity index (χ1n) is 14.7. The van der Waals surface area contributed by atoms with Crippen LogP contribution in [-0.2, 0) is 20.0 Å². The first kappa shape index (κ1) is 31.1. The van der Waals surface area contributed by atoms with Gasteiger partial charge in [-0.3, -0.25) is 14.4 Å². The van der Waals surface area contributed by atoms with Crippen molar-refractivity contribution in [1.29, 1.82) is 0 Å². The Labute approximate surface area is 275 Å². The first-order valence-corrected chi connectivity index (χ1v) is 16.4. The Morgan fingerprint density at radius 1 is 1.09 bits per heavy atom. The predicted molar refractivity (Wildman–Crippen MR) is 179 cm³/mol. The van der Waals surface area contributed by atoms with E-state index in [0.29, 0.717) is 55.5 Å². The quantitative estimate of drug-likeness (QED) is 0.170. The molecule has 0 saturated carbocycles. The number of carboxylic acid groups (broad SMARTS) is 1. The molecule has 4 heterocycles. The van der Waals surface area contributed by atoms with Crippen molar-refractivity contribution in [2.45, 2.75) is 53.5 Å². The van der Waals surface area contributed by atoms with Crippen LogP contribution in [0, 0.1) is 27.7 Å². The van der Waals surface area contributed by atoms with E-state index in [1.807, 2.05) is 63.7 Å². The highest BCUT2D eigenvalue weighted by Crippen LogP contribution is 2.43. The predicted octanol–water partition coefficient (Wildman–Crippen LogP) is 7.80. The number of nitrogens with zero attached hydrogens (tertiary/aromatic N) is 5. The van der Waals surface area contributed by atoms with Crippen LogP contribution in [0.25, 0.3) is 22.0 Å². The van der Waals surface area contributed by atoms with Crippen LogP contribution >= 0.6 is 34.5 Å². The zero-order chi connectivity index (χ0) is 32.2. The smallest absolute Gasteiger partial charge is 0.365 e. The molecule has 1 aliphatic heterocycles. The lowest BCUT2D eigenvalue weighted by atomic mass is 9.98. The summed E-state index contributed by atoms with van der Waals surface area (Å²) in [4.78, 5) is 31.9. The fraction of sp³-hybridized carbons (Fsp3) is 0.333. The number of hydrogen-bond donors (Lipinski definition) is 1. The van der Waals surface area contributed by atoms with Crippen LogP contribution in [0.2, 0.25) is 10.0 Å². The van der Waals surface area contributed by atoms with E-state index in [1.165, 1.54) is 0 Å². The molecule has 0 bridgehead atoms. The summed E-state index contributed by atoms with van der Waals surface area (Å²) in [7, 11) is 1.91. The van der Waals surface area contributed by atoms with Gasteiger partial charge in [0.1, 0.15) is 17.3 Å². The topological polar surface area (TPSA) is 102 Å². The number of aryl methyl sites for hydroxylation is 6. The minimum absolute atomic E-state index is 0.0516. The summed E-state index contributed by atoms with van der Waals surface area (Å²) in [5.41, 5.74) is 7.93. The molecule has 3 aromatic heterocycles. The lowest BCUT2D eigenvalue weighted by molar-refractivity contribution is 0.0696. The third kappa shape index (κ3) is 5.49. The number of amides is 1. The minimum Gasteiger partial charge on any atom is -0.494 e. The molecule has 5 aromatic rings. The van der Waals surface area contributed by atoms with Gasteiger partial charge >= 0.3 is 5.97 Å². The molecule has 0 unspecified atom stereocenters. The molecule has 6 rings (SSSR count). The van der Waals surface area contributed by atoms with E-state index in [9.17, 15) is 14.7 Å². The van der Waals surface area contributed by atoms with Gasteiger partial charge in [-0.2, -0.15) is 5.10 Å². The Morgan fingerprint density at radius 2 is 1.82 bits per heavy atom. The minimum atomic E-state index is -1.11. The number of aromatic carboxylic acids is 1. The second-order valence-corrected chi connectivity index (χ2v) is 13.1. The first-order chi connectivity index (χ1) is 21.5. The van der Waals surface area contributed by atoms with Crippen molar-refractivity contribution in [2.24, 2.45) is 7.05 Å². The van der Waals surface area contributed by atoms with Crippen LogP contribution in [0.3, 0.4) is 0 Å². The number of carbonyl (C=O) groups excluding carboxylic acids is 1. The molecule has 0 fully saturated rings. The maximum Gasteiger partial charge on any atom is 0.365 e. The second-order valence-electron chi connectivity index (χ2n) is 11.4. The third-order valence-corrected chi connectivity index (χ3v) is 10.2. The Hall–Kier alpha value is -3.86. The molecule has 12 heteroatoms. The van der Waals surface area contributed by atoms with E-state index in [0.717, 1.165) is 72.2 Å². The zero-order valence-electron chi connectivity index (χ0n) is 25.7. The van der Waals surface area contributed by atoms with Gasteiger partial charge in [0.25, 0.3) is 5.91 Å². The molecule has 0 radical (unpaired) electrons. The van der Waals surface area contributed by atoms with E-state index in [4.69, 9.17) is 27.9 Å². The van der Waals surface area contributed by atoms with Crippen molar-refractivity contribution < 1.29 is 19.4 Å². The number of carbonyl (C=O) groups is 2. The summed E-state index contributed by atoms with van der Waals surface area (Å²) in [5.74, 6) is -0.226. The fourth-order valence-corrected chi connectivity index (χ4v) is 7.34. The molecular formula is C33H33Cl2N5O4S. The number of carboxylic acids is 1. The number of fused-ring (bicyclic) bond motifs is 3. The van der Waals surface area contributed by atoms with Gasteiger partial charge in [-0.15, -0.1) is 11.3 Å². The van der Waals surface area contributed by atoms with Gasteiger partial charge in [0.15, 0.2) is 0 Å². The summed E-state index contributed by atoms with van der Waals surface area (Å²) in [5, 5.41) is 18.0. The largest absolute Gasteiger partial charge is 0.494 e. The summed E-state index contributed by atoms with van der Waals surface area (Å²) >= 11 is 14.3. The Kier molecular flexibility index (Phi) is 8.41. The molecule has 1 N–H and O–H groups in total. The van der Waals surface area contributed by atoms with E-state index < -0.39 is 5.97 Å². The van der Waals surface area contributed by atoms with E-state index in [2.05, 4.69) is 14.6 Å². The molecule has 9 nitrogen and oxygen atoms in total. The average molecular weight is 667 g/mol. The number of rotatable bonds is 8. The van der Waals surface area contributed by atoms with Crippen LogP contribution < -0.4 is 9.64 Å². The van der Waals surface area contributed by atoms with Gasteiger partial charge in [0.05, 0.1) is 22.8 Å². The van der Waals surface area contributed by atoms with Crippen molar-refractivity contribution in [3.63, 3.8) is 0 Å². The molecule has 0 spiro atoms. The maximum absolute atomic E-state index is 14.5. The number of halogens is 2. The number of thiazole rings is 1. The van der Waals surface area contributed by atoms with Gasteiger partial charge in [-0.05, 0) is 81.8 Å². The molecule has 234 valence electrons. The number of aromatic nitrogens is 4. The van der Waals surface area contributed by atoms with Crippen molar-refractivity contribution in [2.75, 3.05) is 18.1 Å². The van der Waals surface area contributed by atoms with E-state index in [-0.39, 0.29) is 10.9 Å². The zero-order valence-corrected chi connectivity index (χ0v) is 28.0. The van der Waals surface area contributed by atoms with E-state index >= 15 is 0 Å². The van der Waals surface area contributed by atoms with E-state index in [1.54, 1.807) is 10.3 Å². The van der Waals surface area contributed by atoms with Crippen LogP contribution in [0.4, 0.5) is 5.82 Å². The fourth-order valence-electron chi connectivity index (χ4n) is 6.34. The highest BCUT2D eigenvalue weighted by molar-refractivity contribution is 7.12. The summed E-state index contributed by atoms with van der Waals surface area (Å²) in [6.45, 7) is 9.33. The second kappa shape index (κ2) is 12.2. The molecule has 1 aliphatic rings. The highest BCUT2D eigenvalue weighted by Gasteiger charge is 2.33. The lowest BCUT2D eigenvalue weighted by Crippen LogP contribution is -2.32. The third-order valence-electron chi connectivity index (χ3n) is 8.45. The van der Waals surface area contributed by atoms with Gasteiger partial charge in [0.2, 0.25) is 5.01 Å². The number of ether oxygens (including phenoxy) is 1. The summed E-state index contributed by atoms with van der Waals surface area (Å²) < 4.78 is 10.1. The normalized spacial score (nSPS) is 13.4. The highest BCUT2D eigenvalue weighted by atomic mass is 35.5. The van der Waals surface area contributed by atoms with Gasteiger partial charge in [0, 0.05) is 52.7 Å². The summed E-state index contributed by atoms with van der Waals surface area (Å²) in [6, 6.07) is 7.76. The van der Waals surface area contributed by atoms with Gasteiger partial charge in [-0.25, -0.2) is 9.78 Å². The number of benzene rings is 2. The van der Waals surface area contributed by atoms with Crippen LogP contribution in [0.15, 0.2) is 29.6 Å². The van der Waals surface area contributed by atoms with Crippen LogP contribution in [0.1, 0.15) is 61.2 Å². The van der Waals surface area contributed by atoms with Crippen molar-refractivity contribution in [3.8, 4) is 16.9 Å². The maximum atomic E-state index is 14.5. The molecular weight excluding hydrogens is 633 g/mol. The van der Waals surface area contributed by atoms with Crippen LogP contribution in [0.5, 0.6) is 5.75 Å². The van der Waals surface area contributed by atoms with Crippen molar-refractivity contribution >= 4 is 63.1 Å². The van der Waals surface area contributed by atoms with Crippen molar-refractivity contribution in [1.82, 2.24) is 19.3 Å². The molecule has 2 aromatic carbocycles. The molecule has 0 saturated heterocycles. The molecule has 1 amide bonds. The molecule has 0 aliphatic carbocycles. The summed E-state index contributed by atoms with van der Waals surface area (Å²) in [6.07, 6.45) is 1.88. The average Bonchev–Trinajstić information content (AvgIpc) is 3.63. The number of hydrogen-bond acceptors (Lipinski definition) is 6. The molecule has 45 heavy (non-hydrogen) atoms. The standard InChI is InChI=1S/C33H33Cl2N5O4S/c1-17-14-21(15-18(2)28(17)35)44-13-6-8-22-23-9-10-24(34)27(26-19(3)37-38(5)20(26)4)29(23)40-12-7-11-39(32(41)30(22)40)25-16-45-31(36-25)33(42)43/h9-10,14-16H,6-8,11-13H2,1-5H3,(H,42,43). The lowest BCUT2D eigenvalue weighted by Gasteiger charge is -2.18. The Bertz CT molecular complexity index is 1970. The van der Waals surface area contributed by atoms with Crippen molar-refractivity contribution in [3.05, 3.63) is 78.5 Å². The molecule has 0 atom stereocenters.